The molecule has 1 heterocycles. The van der Waals surface area contributed by atoms with Gasteiger partial charge in [0.15, 0.2) is 0 Å². The maximum absolute atomic E-state index is 9.60. The van der Waals surface area contributed by atoms with Crippen LogP contribution in [0.5, 0.6) is 0 Å². The fourth-order valence-corrected chi connectivity index (χ4v) is 4.56. The molecule has 0 saturated carbocycles. The van der Waals surface area contributed by atoms with Crippen LogP contribution in [0.15, 0.2) is 60.5 Å². The van der Waals surface area contributed by atoms with Crippen LogP contribution < -0.4 is 0 Å². The third kappa shape index (κ3) is 4.67. The normalized spacial score (nSPS) is 14.7. The van der Waals surface area contributed by atoms with E-state index in [2.05, 4.69) is 55.2 Å². The van der Waals surface area contributed by atoms with Crippen LogP contribution in [0.1, 0.15) is 66.5 Å². The number of ketones is 1. The molecule has 0 saturated heterocycles. The first-order valence-electron chi connectivity index (χ1n) is 11.9. The molecule has 0 atom stereocenters. The molecule has 0 unspecified atom stereocenters. The van der Waals surface area contributed by atoms with Crippen molar-refractivity contribution in [1.29, 1.82) is 0 Å². The molecule has 1 aliphatic rings. The maximum Gasteiger partial charge on any atom is 0.325 e. The minimum Gasteiger partial charge on any atom is -0.511 e. The number of pyridine rings is 1. The summed E-state index contributed by atoms with van der Waals surface area (Å²) in [5.74, 6) is 0.417. The zero-order valence-electron chi connectivity index (χ0n) is 21.9. The van der Waals surface area contributed by atoms with Gasteiger partial charge < -0.3 is 10.1 Å². The van der Waals surface area contributed by atoms with E-state index in [0.717, 1.165) is 10.9 Å². The van der Waals surface area contributed by atoms with Gasteiger partial charge in [0.2, 0.25) is 0 Å². The molecule has 2 N–H and O–H groups in total. The van der Waals surface area contributed by atoms with E-state index in [1.54, 1.807) is 0 Å². The Morgan fingerprint density at radius 1 is 0.914 bits per heavy atom. The van der Waals surface area contributed by atoms with Gasteiger partial charge in [-0.2, -0.15) is 0 Å². The van der Waals surface area contributed by atoms with E-state index in [-0.39, 0.29) is 47.9 Å². The quantitative estimate of drug-likeness (QED) is 0.0749. The van der Waals surface area contributed by atoms with Crippen molar-refractivity contribution in [2.24, 2.45) is 10.8 Å². The first kappa shape index (κ1) is 27.0. The van der Waals surface area contributed by atoms with Gasteiger partial charge in [0.1, 0.15) is 5.76 Å². The number of carbonyl (C=O) groups excluding carboxylic acids is 1. The Hall–Kier alpha value is -2.55. The van der Waals surface area contributed by atoms with Crippen LogP contribution >= 0.6 is 0 Å². The first-order valence-corrected chi connectivity index (χ1v) is 11.9. The van der Waals surface area contributed by atoms with Crippen molar-refractivity contribution in [3.05, 3.63) is 77.7 Å². The minimum atomic E-state index is -0.306. The summed E-state index contributed by atoms with van der Waals surface area (Å²) >= 11 is 0. The molecule has 3 aromatic carbocycles. The van der Waals surface area contributed by atoms with Gasteiger partial charge in [0, 0.05) is 31.7 Å². The summed E-state index contributed by atoms with van der Waals surface area (Å²) in [6.45, 7) is 16.0. The number of fused-ring (bicyclic) bond motifs is 3. The Balaban J connectivity index is 0.000000216. The Kier molecular flexibility index (Phi) is 7.07. The monoisotopic (exact) mass is 646 g/mol. The third-order valence-electron chi connectivity index (χ3n) is 6.80. The minimum absolute atomic E-state index is 0. The average Bonchev–Trinajstić information content (AvgIpc) is 3.00. The topological polar surface area (TPSA) is 54.5 Å². The third-order valence-corrected chi connectivity index (χ3v) is 6.80. The van der Waals surface area contributed by atoms with Gasteiger partial charge in [-0.25, -0.2) is 0 Å². The molecular formula is C31H35IrNO2. The van der Waals surface area contributed by atoms with Gasteiger partial charge in [0.05, 0.1) is 11.5 Å². The molecular weight excluding hydrogens is 611 g/mol. The zero-order valence-corrected chi connectivity index (χ0v) is 24.3. The average molecular weight is 646 g/mol. The van der Waals surface area contributed by atoms with E-state index in [9.17, 15) is 9.90 Å². The summed E-state index contributed by atoms with van der Waals surface area (Å²) in [6, 6.07) is 18.6. The van der Waals surface area contributed by atoms with Crippen LogP contribution in [0.2, 0.25) is 0 Å². The van der Waals surface area contributed by atoms with Crippen LogP contribution in [-0.2, 0) is 25.5 Å². The molecule has 35 heavy (non-hydrogen) atoms. The smallest absolute Gasteiger partial charge is 0.325 e. The summed E-state index contributed by atoms with van der Waals surface area (Å²) in [4.78, 5) is 14.2. The van der Waals surface area contributed by atoms with Gasteiger partial charge in [-0.15, -0.1) is 29.1 Å². The molecule has 1 radical (unpaired) electrons. The van der Waals surface area contributed by atoms with E-state index in [1.165, 1.54) is 38.7 Å². The first-order chi connectivity index (χ1) is 15.7. The van der Waals surface area contributed by atoms with E-state index < -0.39 is 0 Å². The Morgan fingerprint density at radius 2 is 1.54 bits per heavy atom. The number of benzene rings is 3. The standard InChI is InChI=1S/C20H14N.C11H20O2.Ir/c1-20(2)15-9-3-6-12-13-8-5-11-21-19(13)14-7-4-10-16(20)18(14)17(12)15;1-10(2,3)8(12)7-9(13)11(4,5)6;/h3-6,8-11H,1-2H3;7,12H,1-6H3;/q-1;;/p+1/b;8-7-;. The van der Waals surface area contributed by atoms with Gasteiger partial charge in [-0.05, 0) is 59.5 Å². The largest absolute Gasteiger partial charge is 0.511 e. The summed E-state index contributed by atoms with van der Waals surface area (Å²) in [7, 11) is 0. The van der Waals surface area contributed by atoms with Gasteiger partial charge >= 0.3 is 5.78 Å². The van der Waals surface area contributed by atoms with Crippen molar-refractivity contribution in [1.82, 2.24) is 4.98 Å². The van der Waals surface area contributed by atoms with Gasteiger partial charge in [0.25, 0.3) is 0 Å². The molecule has 4 aromatic rings. The van der Waals surface area contributed by atoms with Crippen molar-refractivity contribution in [3.63, 3.8) is 0 Å². The number of nitrogens with zero attached hydrogens (tertiary/aromatic N) is 1. The molecule has 0 bridgehead atoms. The fraction of sp³-hybridized carbons (Fsp3) is 0.355. The number of rotatable bonds is 1. The second kappa shape index (κ2) is 9.15. The van der Waals surface area contributed by atoms with E-state index >= 15 is 0 Å². The number of hydrogen-bond donors (Lipinski definition) is 1. The SMILES string of the molecule is CC(C)(C)C(=[OH+])/C=C(\O)C(C)(C)C.CC1(C)c2cc[c-]c3c4ncccc4c4cccc1c4c23.[Ir]. The molecule has 4 heteroatoms. The second-order valence-electron chi connectivity index (χ2n) is 11.8. The number of aliphatic hydroxyl groups excluding tert-OH is 1. The molecule has 5 rings (SSSR count). The van der Waals surface area contributed by atoms with Gasteiger partial charge in [-0.1, -0.05) is 64.3 Å². The Bertz CT molecular complexity index is 1380. The molecule has 1 aliphatic carbocycles. The molecule has 0 amide bonds. The van der Waals surface area contributed by atoms with E-state index in [4.69, 9.17) is 0 Å². The van der Waals surface area contributed by atoms with E-state index in [0.29, 0.717) is 0 Å². The maximum atomic E-state index is 9.60. The Morgan fingerprint density at radius 3 is 2.17 bits per heavy atom. The van der Waals surface area contributed by atoms with Crippen LogP contribution in [0.4, 0.5) is 0 Å². The summed E-state index contributed by atoms with van der Waals surface area (Å²) in [6.07, 6.45) is 3.32. The number of allylic oxidation sites excluding steroid dienone is 2. The van der Waals surface area contributed by atoms with Crippen molar-refractivity contribution >= 4 is 38.2 Å². The van der Waals surface area contributed by atoms with Crippen molar-refractivity contribution in [2.75, 3.05) is 0 Å². The summed E-state index contributed by atoms with van der Waals surface area (Å²) in [5.41, 5.74) is 3.32. The summed E-state index contributed by atoms with van der Waals surface area (Å²) < 4.78 is 0. The van der Waals surface area contributed by atoms with Crippen molar-refractivity contribution in [3.8, 4) is 0 Å². The van der Waals surface area contributed by atoms with E-state index in [1.807, 2.05) is 59.9 Å². The number of hydrogen-bond acceptors (Lipinski definition) is 2. The van der Waals surface area contributed by atoms with Crippen LogP contribution in [0.3, 0.4) is 0 Å². The zero-order chi connectivity index (χ0) is 25.1. The second-order valence-corrected chi connectivity index (χ2v) is 11.8. The van der Waals surface area contributed by atoms with Crippen LogP contribution in [-0.4, -0.2) is 20.7 Å². The van der Waals surface area contributed by atoms with Gasteiger partial charge in [-0.3, -0.25) is 4.79 Å². The number of aromatic nitrogens is 1. The molecule has 185 valence electrons. The van der Waals surface area contributed by atoms with Crippen LogP contribution in [0.25, 0.3) is 32.4 Å². The number of aliphatic hydroxyl groups is 1. The molecule has 0 spiro atoms. The molecule has 1 aromatic heterocycles. The fourth-order valence-electron chi connectivity index (χ4n) is 4.56. The summed E-state index contributed by atoms with van der Waals surface area (Å²) in [5, 5.41) is 16.0. The Labute approximate surface area is 222 Å². The van der Waals surface area contributed by atoms with Crippen molar-refractivity contribution < 1.29 is 30.0 Å². The predicted molar refractivity (Wildman–Crippen MR) is 144 cm³/mol. The predicted octanol–water partition coefficient (Wildman–Crippen LogP) is 8.04. The molecule has 0 aliphatic heterocycles. The molecule has 3 nitrogen and oxygen atoms in total. The molecule has 0 fully saturated rings. The van der Waals surface area contributed by atoms with Crippen molar-refractivity contribution in [2.45, 2.75) is 60.8 Å². The van der Waals surface area contributed by atoms with Crippen LogP contribution in [0, 0.1) is 16.9 Å².